The van der Waals surface area contributed by atoms with E-state index in [1.165, 1.54) is 6.07 Å². The maximum absolute atomic E-state index is 13.6. The quantitative estimate of drug-likeness (QED) is 0.567. The Kier molecular flexibility index (Phi) is 4.03. The Morgan fingerprint density at radius 1 is 1.08 bits per heavy atom. The first-order valence-electron chi connectivity index (χ1n) is 7.63. The molecule has 0 aliphatic heterocycles. The fourth-order valence-corrected chi connectivity index (χ4v) is 2.75. The largest absolute Gasteiger partial charge is 0.346 e. The van der Waals surface area contributed by atoms with Crippen LogP contribution in [0.1, 0.15) is 11.1 Å². The van der Waals surface area contributed by atoms with E-state index in [0.29, 0.717) is 23.1 Å². The van der Waals surface area contributed by atoms with E-state index in [9.17, 15) is 4.39 Å². The average molecular weight is 354 g/mol. The Morgan fingerprint density at radius 2 is 1.88 bits per heavy atom. The van der Waals surface area contributed by atoms with Crippen LogP contribution < -0.4 is 5.32 Å². The van der Waals surface area contributed by atoms with Crippen molar-refractivity contribution in [1.82, 2.24) is 19.9 Å². The van der Waals surface area contributed by atoms with Crippen LogP contribution in [0.2, 0.25) is 5.02 Å². The van der Waals surface area contributed by atoms with Crippen molar-refractivity contribution in [2.75, 3.05) is 5.32 Å². The van der Waals surface area contributed by atoms with Gasteiger partial charge in [-0.15, -0.1) is 0 Å². The molecule has 0 unspecified atom stereocenters. The van der Waals surface area contributed by atoms with E-state index >= 15 is 0 Å². The number of hydrogen-bond acceptors (Lipinski definition) is 4. The van der Waals surface area contributed by atoms with Gasteiger partial charge in [0.1, 0.15) is 11.5 Å². The van der Waals surface area contributed by atoms with Gasteiger partial charge in [0, 0.05) is 36.6 Å². The van der Waals surface area contributed by atoms with Gasteiger partial charge in [0.05, 0.1) is 10.7 Å². The van der Waals surface area contributed by atoms with Crippen LogP contribution in [-0.4, -0.2) is 19.9 Å². The SMILES string of the molecule is Fc1ccccc1Nc1ncc(Cc2c[nH]c3ncc(Cl)cc23)cn1. The van der Waals surface area contributed by atoms with Crippen LogP contribution >= 0.6 is 11.6 Å². The molecule has 25 heavy (non-hydrogen) atoms. The van der Waals surface area contributed by atoms with E-state index < -0.39 is 0 Å². The van der Waals surface area contributed by atoms with Crippen LogP contribution in [0.3, 0.4) is 0 Å². The highest BCUT2D eigenvalue weighted by molar-refractivity contribution is 6.31. The van der Waals surface area contributed by atoms with Crippen LogP contribution in [0.4, 0.5) is 16.0 Å². The van der Waals surface area contributed by atoms with Gasteiger partial charge in [-0.1, -0.05) is 23.7 Å². The minimum Gasteiger partial charge on any atom is -0.346 e. The molecular weight excluding hydrogens is 341 g/mol. The molecule has 5 nitrogen and oxygen atoms in total. The summed E-state index contributed by atoms with van der Waals surface area (Å²) in [7, 11) is 0. The molecule has 3 heterocycles. The van der Waals surface area contributed by atoms with E-state index in [2.05, 4.69) is 25.3 Å². The van der Waals surface area contributed by atoms with Crippen molar-refractivity contribution >= 4 is 34.3 Å². The number of halogens is 2. The lowest BCUT2D eigenvalue weighted by Crippen LogP contribution is -2.00. The van der Waals surface area contributed by atoms with E-state index in [0.717, 1.165) is 22.2 Å². The molecule has 0 saturated carbocycles. The van der Waals surface area contributed by atoms with Gasteiger partial charge in [-0.25, -0.2) is 19.3 Å². The highest BCUT2D eigenvalue weighted by atomic mass is 35.5. The number of aromatic nitrogens is 4. The third-order valence-electron chi connectivity index (χ3n) is 3.80. The lowest BCUT2D eigenvalue weighted by atomic mass is 10.1. The van der Waals surface area contributed by atoms with Crippen molar-refractivity contribution in [3.05, 3.63) is 77.1 Å². The van der Waals surface area contributed by atoms with Crippen molar-refractivity contribution in [1.29, 1.82) is 0 Å². The molecule has 0 radical (unpaired) electrons. The Bertz CT molecular complexity index is 1030. The van der Waals surface area contributed by atoms with Crippen molar-refractivity contribution in [2.24, 2.45) is 0 Å². The standard InChI is InChI=1S/C18H13ClFN5/c19-13-6-14-12(9-21-17(14)22-10-13)5-11-7-23-18(24-8-11)25-16-4-2-1-3-15(16)20/h1-4,6-10H,5H2,(H,21,22)(H,23,24,25). The fraction of sp³-hybridized carbons (Fsp3) is 0.0556. The third-order valence-corrected chi connectivity index (χ3v) is 4.01. The van der Waals surface area contributed by atoms with Crippen molar-refractivity contribution < 1.29 is 4.39 Å². The predicted molar refractivity (Wildman–Crippen MR) is 95.6 cm³/mol. The molecule has 7 heteroatoms. The van der Waals surface area contributed by atoms with Crippen LogP contribution in [0.5, 0.6) is 0 Å². The molecule has 0 aliphatic rings. The van der Waals surface area contributed by atoms with E-state index in [1.807, 2.05) is 12.3 Å². The lowest BCUT2D eigenvalue weighted by Gasteiger charge is -2.06. The van der Waals surface area contributed by atoms with Gasteiger partial charge >= 0.3 is 0 Å². The molecule has 0 aliphatic carbocycles. The summed E-state index contributed by atoms with van der Waals surface area (Å²) in [5.74, 6) is -0.00386. The summed E-state index contributed by atoms with van der Waals surface area (Å²) in [5, 5.41) is 4.43. The zero-order chi connectivity index (χ0) is 17.2. The molecule has 0 saturated heterocycles. The number of hydrogen-bond donors (Lipinski definition) is 2. The summed E-state index contributed by atoms with van der Waals surface area (Å²) >= 11 is 6.02. The summed E-state index contributed by atoms with van der Waals surface area (Å²) in [4.78, 5) is 15.9. The van der Waals surface area contributed by atoms with Crippen molar-refractivity contribution in [3.63, 3.8) is 0 Å². The van der Waals surface area contributed by atoms with E-state index in [-0.39, 0.29) is 5.82 Å². The molecule has 0 spiro atoms. The predicted octanol–water partition coefficient (Wildman–Crippen LogP) is 4.48. The second-order valence-electron chi connectivity index (χ2n) is 5.56. The Hall–Kier alpha value is -2.99. The Balaban J connectivity index is 1.54. The highest BCUT2D eigenvalue weighted by Crippen LogP contribution is 2.23. The molecular formula is C18H13ClFN5. The number of rotatable bonds is 4. The number of benzene rings is 1. The van der Waals surface area contributed by atoms with Gasteiger partial charge in [0.2, 0.25) is 5.95 Å². The topological polar surface area (TPSA) is 66.5 Å². The second kappa shape index (κ2) is 6.49. The number of aromatic amines is 1. The summed E-state index contributed by atoms with van der Waals surface area (Å²) in [5.41, 5.74) is 3.12. The molecule has 0 fully saturated rings. The first kappa shape index (κ1) is 15.5. The number of nitrogens with one attached hydrogen (secondary N) is 2. The number of nitrogens with zero attached hydrogens (tertiary/aromatic N) is 3. The molecule has 2 N–H and O–H groups in total. The maximum atomic E-state index is 13.6. The van der Waals surface area contributed by atoms with Gasteiger partial charge in [-0.05, 0) is 29.3 Å². The molecule has 4 rings (SSSR count). The number of pyridine rings is 1. The molecule has 1 aromatic carbocycles. The zero-order valence-corrected chi connectivity index (χ0v) is 13.8. The number of para-hydroxylation sites is 1. The molecule has 124 valence electrons. The highest BCUT2D eigenvalue weighted by Gasteiger charge is 2.08. The van der Waals surface area contributed by atoms with Crippen LogP contribution in [0.25, 0.3) is 11.0 Å². The Morgan fingerprint density at radius 3 is 2.68 bits per heavy atom. The Labute approximate surface area is 147 Å². The molecule has 0 bridgehead atoms. The summed E-state index contributed by atoms with van der Waals surface area (Å²) in [6.07, 6.45) is 7.58. The van der Waals surface area contributed by atoms with E-state index in [1.54, 1.807) is 36.8 Å². The third kappa shape index (κ3) is 3.29. The van der Waals surface area contributed by atoms with Crippen LogP contribution in [-0.2, 0) is 6.42 Å². The lowest BCUT2D eigenvalue weighted by molar-refractivity contribution is 0.631. The van der Waals surface area contributed by atoms with Gasteiger partial charge in [0.15, 0.2) is 0 Å². The monoisotopic (exact) mass is 353 g/mol. The molecule has 4 aromatic rings. The first-order chi connectivity index (χ1) is 12.2. The normalized spacial score (nSPS) is 11.0. The summed E-state index contributed by atoms with van der Waals surface area (Å²) in [6.45, 7) is 0. The minimum atomic E-state index is -0.349. The fourth-order valence-electron chi connectivity index (χ4n) is 2.59. The smallest absolute Gasteiger partial charge is 0.227 e. The van der Waals surface area contributed by atoms with Gasteiger partial charge in [-0.3, -0.25) is 0 Å². The minimum absolute atomic E-state index is 0.340. The van der Waals surface area contributed by atoms with Gasteiger partial charge < -0.3 is 10.3 Å². The zero-order valence-electron chi connectivity index (χ0n) is 13.0. The maximum Gasteiger partial charge on any atom is 0.227 e. The first-order valence-corrected chi connectivity index (χ1v) is 8.01. The summed E-state index contributed by atoms with van der Waals surface area (Å²) < 4.78 is 13.6. The molecule has 0 atom stereocenters. The number of anilines is 2. The number of fused-ring (bicyclic) bond motifs is 1. The van der Waals surface area contributed by atoms with Crippen molar-refractivity contribution in [3.8, 4) is 0 Å². The second-order valence-corrected chi connectivity index (χ2v) is 6.00. The van der Waals surface area contributed by atoms with Gasteiger partial charge in [0.25, 0.3) is 0 Å². The number of H-pyrrole nitrogens is 1. The summed E-state index contributed by atoms with van der Waals surface area (Å²) in [6, 6.07) is 8.27. The average Bonchev–Trinajstić information content (AvgIpc) is 3.01. The van der Waals surface area contributed by atoms with E-state index in [4.69, 9.17) is 11.6 Å². The molecule has 0 amide bonds. The van der Waals surface area contributed by atoms with Gasteiger partial charge in [-0.2, -0.15) is 0 Å². The van der Waals surface area contributed by atoms with Crippen LogP contribution in [0.15, 0.2) is 55.1 Å². The van der Waals surface area contributed by atoms with Crippen LogP contribution in [0, 0.1) is 5.82 Å². The molecule has 3 aromatic heterocycles. The van der Waals surface area contributed by atoms with Crippen molar-refractivity contribution in [2.45, 2.75) is 6.42 Å².